The molecule has 3 heterocycles. The highest BCUT2D eigenvalue weighted by atomic mass is 19.4. The number of halogens is 3. The van der Waals surface area contributed by atoms with Crippen molar-refractivity contribution in [1.29, 1.82) is 0 Å². The number of hydrogen-bond donors (Lipinski definition) is 3. The molecule has 5 rings (SSSR count). The van der Waals surface area contributed by atoms with E-state index in [4.69, 9.17) is 4.74 Å². The molecule has 2 aromatic carbocycles. The van der Waals surface area contributed by atoms with Gasteiger partial charge in [-0.1, -0.05) is 24.3 Å². The normalized spacial score (nSPS) is 15.1. The lowest BCUT2D eigenvalue weighted by atomic mass is 9.90. The lowest BCUT2D eigenvalue weighted by Crippen LogP contribution is -2.42. The van der Waals surface area contributed by atoms with Crippen LogP contribution in [0, 0.1) is 5.92 Å². The van der Waals surface area contributed by atoms with Crippen molar-refractivity contribution in [2.75, 3.05) is 13.1 Å². The quantitative estimate of drug-likeness (QED) is 0.281. The molecule has 9 nitrogen and oxygen atoms in total. The van der Waals surface area contributed by atoms with Crippen LogP contribution in [0.2, 0.25) is 0 Å². The Morgan fingerprint density at radius 1 is 1.10 bits per heavy atom. The van der Waals surface area contributed by atoms with E-state index in [-0.39, 0.29) is 17.4 Å². The fraction of sp³-hybridized carbons (Fsp3) is 0.393. The Kier molecular flexibility index (Phi) is 7.21. The summed E-state index contributed by atoms with van der Waals surface area (Å²) in [7, 11) is 0. The molecule has 0 saturated carbocycles. The summed E-state index contributed by atoms with van der Waals surface area (Å²) in [5, 5.41) is 12.8. The van der Waals surface area contributed by atoms with Crippen LogP contribution < -0.4 is 5.56 Å². The molecule has 212 valence electrons. The number of piperidine rings is 1. The fourth-order valence-corrected chi connectivity index (χ4v) is 4.99. The van der Waals surface area contributed by atoms with E-state index in [1.54, 1.807) is 4.90 Å². The number of H-pyrrole nitrogens is 2. The molecule has 0 spiro atoms. The maximum Gasteiger partial charge on any atom is 0.416 e. The highest BCUT2D eigenvalue weighted by molar-refractivity contribution is 5.76. The summed E-state index contributed by atoms with van der Waals surface area (Å²) in [6.07, 6.45) is -2.62. The van der Waals surface area contributed by atoms with Crippen molar-refractivity contribution in [3.05, 3.63) is 70.0 Å². The number of benzene rings is 2. The number of nitrogens with zero attached hydrogens (tertiary/aromatic N) is 3. The monoisotopic (exact) mass is 557 g/mol. The number of para-hydroxylation sites is 2. The van der Waals surface area contributed by atoms with Gasteiger partial charge in [-0.3, -0.25) is 9.89 Å². The van der Waals surface area contributed by atoms with E-state index in [9.17, 15) is 27.9 Å². The molecule has 1 saturated heterocycles. The SMILES string of the molecule is CC(C)(O)OC(=O)N1CCC(CCc2c(-c3ccc(C(F)(F)F)cc3)[nH]n(-c3nc4ccccc4[nH]3)c2=O)CC1. The van der Waals surface area contributed by atoms with Crippen LogP contribution in [0.5, 0.6) is 0 Å². The zero-order valence-electron chi connectivity index (χ0n) is 22.1. The third kappa shape index (κ3) is 5.91. The van der Waals surface area contributed by atoms with E-state index in [0.29, 0.717) is 61.1 Å². The number of amides is 1. The van der Waals surface area contributed by atoms with Crippen LogP contribution in [0.1, 0.15) is 44.2 Å². The number of likely N-dealkylation sites (tertiary alicyclic amines) is 1. The Hall–Kier alpha value is -4.06. The highest BCUT2D eigenvalue weighted by Crippen LogP contribution is 2.32. The van der Waals surface area contributed by atoms with Gasteiger partial charge in [-0.2, -0.15) is 17.9 Å². The zero-order valence-corrected chi connectivity index (χ0v) is 22.1. The summed E-state index contributed by atoms with van der Waals surface area (Å²) < 4.78 is 45.8. The van der Waals surface area contributed by atoms with Crippen molar-refractivity contribution in [3.63, 3.8) is 0 Å². The second-order valence-electron chi connectivity index (χ2n) is 10.5. The lowest BCUT2D eigenvalue weighted by molar-refractivity contribution is -0.140. The van der Waals surface area contributed by atoms with Gasteiger partial charge >= 0.3 is 12.3 Å². The molecule has 0 radical (unpaired) electrons. The molecule has 2 aromatic heterocycles. The van der Waals surface area contributed by atoms with Crippen LogP contribution in [0.25, 0.3) is 28.2 Å². The molecule has 3 N–H and O–H groups in total. The van der Waals surface area contributed by atoms with Crippen molar-refractivity contribution >= 4 is 17.1 Å². The first-order chi connectivity index (χ1) is 18.9. The summed E-state index contributed by atoms with van der Waals surface area (Å²) in [5.41, 5.74) is 1.65. The number of nitrogens with one attached hydrogen (secondary N) is 2. The molecule has 4 aromatic rings. The molecule has 40 heavy (non-hydrogen) atoms. The minimum absolute atomic E-state index is 0.223. The van der Waals surface area contributed by atoms with Gasteiger partial charge in [-0.05, 0) is 61.4 Å². The average Bonchev–Trinajstić information content (AvgIpc) is 3.47. The van der Waals surface area contributed by atoms with Gasteiger partial charge < -0.3 is 19.7 Å². The number of imidazole rings is 1. The van der Waals surface area contributed by atoms with E-state index in [1.165, 1.54) is 30.7 Å². The molecule has 1 aliphatic heterocycles. The van der Waals surface area contributed by atoms with E-state index < -0.39 is 23.6 Å². The van der Waals surface area contributed by atoms with Gasteiger partial charge in [0.1, 0.15) is 0 Å². The minimum Gasteiger partial charge on any atom is -0.418 e. The fourth-order valence-electron chi connectivity index (χ4n) is 4.99. The maximum atomic E-state index is 13.6. The number of carbonyl (C=O) groups excluding carboxylic acids is 1. The third-order valence-electron chi connectivity index (χ3n) is 7.09. The topological polar surface area (TPSA) is 116 Å². The predicted molar refractivity (Wildman–Crippen MR) is 142 cm³/mol. The van der Waals surface area contributed by atoms with E-state index in [1.807, 2.05) is 24.3 Å². The summed E-state index contributed by atoms with van der Waals surface area (Å²) in [5.74, 6) is -1.05. The van der Waals surface area contributed by atoms with Gasteiger partial charge in [-0.25, -0.2) is 9.78 Å². The molecular formula is C28H30F3N5O4. The highest BCUT2D eigenvalue weighted by Gasteiger charge is 2.31. The predicted octanol–water partition coefficient (Wildman–Crippen LogP) is 5.24. The first-order valence-corrected chi connectivity index (χ1v) is 13.1. The van der Waals surface area contributed by atoms with E-state index >= 15 is 0 Å². The molecule has 0 unspecified atom stereocenters. The number of aromatic nitrogens is 4. The first-order valence-electron chi connectivity index (χ1n) is 13.1. The van der Waals surface area contributed by atoms with Gasteiger partial charge in [0.05, 0.1) is 22.3 Å². The van der Waals surface area contributed by atoms with Crippen molar-refractivity contribution in [2.24, 2.45) is 5.92 Å². The minimum atomic E-state index is -4.47. The van der Waals surface area contributed by atoms with Crippen LogP contribution in [0.15, 0.2) is 53.3 Å². The molecule has 0 bridgehead atoms. The van der Waals surface area contributed by atoms with Crippen molar-refractivity contribution in [1.82, 2.24) is 24.6 Å². The van der Waals surface area contributed by atoms with Crippen LogP contribution >= 0.6 is 0 Å². The first kappa shape index (κ1) is 27.5. The second kappa shape index (κ2) is 10.5. The summed E-state index contributed by atoms with van der Waals surface area (Å²) in [4.78, 5) is 35.0. The Morgan fingerprint density at radius 3 is 2.40 bits per heavy atom. The zero-order chi connectivity index (χ0) is 28.7. The Morgan fingerprint density at radius 2 is 1.77 bits per heavy atom. The van der Waals surface area contributed by atoms with Crippen LogP contribution in [-0.2, 0) is 17.3 Å². The number of rotatable bonds is 6. The molecular weight excluding hydrogens is 527 g/mol. The summed E-state index contributed by atoms with van der Waals surface area (Å²) >= 11 is 0. The van der Waals surface area contributed by atoms with Gasteiger partial charge in [-0.15, -0.1) is 0 Å². The van der Waals surface area contributed by atoms with Crippen LogP contribution in [0.4, 0.5) is 18.0 Å². The Labute approximate surface area is 227 Å². The van der Waals surface area contributed by atoms with Gasteiger partial charge in [0.25, 0.3) is 5.56 Å². The summed E-state index contributed by atoms with van der Waals surface area (Å²) in [6.45, 7) is 3.70. The number of alkyl halides is 3. The molecule has 1 aliphatic rings. The third-order valence-corrected chi connectivity index (χ3v) is 7.09. The Bertz CT molecular complexity index is 1520. The van der Waals surface area contributed by atoms with Gasteiger partial charge in [0.2, 0.25) is 11.7 Å². The van der Waals surface area contributed by atoms with Crippen LogP contribution in [-0.4, -0.2) is 54.7 Å². The number of aliphatic hydroxyl groups is 1. The number of fused-ring (bicyclic) bond motifs is 1. The van der Waals surface area contributed by atoms with Crippen LogP contribution in [0.3, 0.4) is 0 Å². The largest absolute Gasteiger partial charge is 0.418 e. The van der Waals surface area contributed by atoms with Gasteiger partial charge in [0, 0.05) is 32.5 Å². The number of aromatic amines is 2. The lowest BCUT2D eigenvalue weighted by Gasteiger charge is -2.33. The Balaban J connectivity index is 1.39. The molecule has 12 heteroatoms. The second-order valence-corrected chi connectivity index (χ2v) is 10.5. The molecule has 0 atom stereocenters. The number of ether oxygens (including phenoxy) is 1. The maximum absolute atomic E-state index is 13.6. The van der Waals surface area contributed by atoms with Gasteiger partial charge in [0.15, 0.2) is 0 Å². The van der Waals surface area contributed by atoms with Crippen molar-refractivity contribution in [3.8, 4) is 17.2 Å². The molecule has 1 amide bonds. The molecule has 0 aliphatic carbocycles. The molecule has 1 fully saturated rings. The average molecular weight is 558 g/mol. The van der Waals surface area contributed by atoms with E-state index in [0.717, 1.165) is 17.6 Å². The number of hydrogen-bond acceptors (Lipinski definition) is 5. The number of carbonyl (C=O) groups is 1. The smallest absolute Gasteiger partial charge is 0.416 e. The van der Waals surface area contributed by atoms with Crippen molar-refractivity contribution in [2.45, 2.75) is 51.5 Å². The van der Waals surface area contributed by atoms with E-state index in [2.05, 4.69) is 15.1 Å². The van der Waals surface area contributed by atoms with Crippen molar-refractivity contribution < 1.29 is 27.8 Å². The standard InChI is InChI=1S/C28H30F3N5O4/c1-27(2,39)40-26(38)35-15-13-17(14-16-35)7-12-20-23(18-8-10-19(11-9-18)28(29,30)31)34-36(24(20)37)25-32-21-5-3-4-6-22(21)33-25/h3-6,8-11,17,34,39H,7,12-16H2,1-2H3,(H,32,33). The summed E-state index contributed by atoms with van der Waals surface area (Å²) in [6, 6.07) is 12.0.